The van der Waals surface area contributed by atoms with E-state index in [1.165, 1.54) is 13.0 Å². The third kappa shape index (κ3) is 3.32. The maximum atomic E-state index is 11.7. The lowest BCUT2D eigenvalue weighted by molar-refractivity contribution is -0.114. The maximum Gasteiger partial charge on any atom is 0.337 e. The number of carboxylic acid groups (broad SMARTS) is 1. The van der Waals surface area contributed by atoms with E-state index in [4.69, 9.17) is 4.74 Å². The maximum absolute atomic E-state index is 11.7. The molecule has 0 spiro atoms. The lowest BCUT2D eigenvalue weighted by Gasteiger charge is -2.24. The number of hydrogen-bond acceptors (Lipinski definition) is 4. The molecule has 0 unspecified atom stereocenters. The number of carboxylic acids is 1. The van der Waals surface area contributed by atoms with Crippen molar-refractivity contribution >= 4 is 23.3 Å². The molecule has 0 aromatic heterocycles. The molecule has 124 valence electrons. The van der Waals surface area contributed by atoms with Crippen molar-refractivity contribution in [3.05, 3.63) is 53.6 Å². The zero-order valence-electron chi connectivity index (χ0n) is 13.3. The van der Waals surface area contributed by atoms with E-state index in [1.807, 2.05) is 29.2 Å². The predicted octanol–water partition coefficient (Wildman–Crippen LogP) is 2.74. The Morgan fingerprint density at radius 2 is 2.00 bits per heavy atom. The number of nitrogens with one attached hydrogen (secondary N) is 1. The quantitative estimate of drug-likeness (QED) is 0.907. The Morgan fingerprint density at radius 3 is 2.75 bits per heavy atom. The van der Waals surface area contributed by atoms with Crippen LogP contribution in [0.3, 0.4) is 0 Å². The Kier molecular flexibility index (Phi) is 4.37. The number of amides is 1. The normalized spacial score (nSPS) is 13.5. The molecule has 3 rings (SSSR count). The van der Waals surface area contributed by atoms with Gasteiger partial charge in [-0.1, -0.05) is 18.2 Å². The molecular formula is C18H18N2O4. The van der Waals surface area contributed by atoms with Gasteiger partial charge in [-0.05, 0) is 24.3 Å². The second kappa shape index (κ2) is 6.62. The Morgan fingerprint density at radius 1 is 1.21 bits per heavy atom. The number of anilines is 2. The van der Waals surface area contributed by atoms with Crippen LogP contribution in [0.2, 0.25) is 0 Å². The summed E-state index contributed by atoms with van der Waals surface area (Å²) in [5.74, 6) is -0.446. The van der Waals surface area contributed by atoms with Gasteiger partial charge in [0.15, 0.2) is 0 Å². The third-order valence-corrected chi connectivity index (χ3v) is 3.84. The van der Waals surface area contributed by atoms with Crippen molar-refractivity contribution in [1.82, 2.24) is 0 Å². The summed E-state index contributed by atoms with van der Waals surface area (Å²) < 4.78 is 5.73. The molecule has 6 nitrogen and oxygen atoms in total. The van der Waals surface area contributed by atoms with Gasteiger partial charge in [-0.25, -0.2) is 4.79 Å². The molecule has 2 aromatic carbocycles. The molecule has 0 bridgehead atoms. The van der Waals surface area contributed by atoms with Gasteiger partial charge in [-0.2, -0.15) is 0 Å². The fourth-order valence-corrected chi connectivity index (χ4v) is 2.80. The standard InChI is InChI=1S/C18H18N2O4/c1-12(21)19-14-6-7-16(15(10-14)18(22)23)20-8-9-24-17-5-3-2-4-13(17)11-20/h2-7,10H,8-9,11H2,1H3,(H,19,21)(H,22,23). The molecule has 1 heterocycles. The Balaban J connectivity index is 1.96. The number of carbonyl (C=O) groups is 2. The fraction of sp³-hybridized carbons (Fsp3) is 0.222. The minimum atomic E-state index is -1.03. The lowest BCUT2D eigenvalue weighted by atomic mass is 10.1. The van der Waals surface area contributed by atoms with Crippen LogP contribution in [0.1, 0.15) is 22.8 Å². The van der Waals surface area contributed by atoms with Crippen molar-refractivity contribution in [2.45, 2.75) is 13.5 Å². The average Bonchev–Trinajstić information content (AvgIpc) is 2.76. The monoisotopic (exact) mass is 326 g/mol. The van der Waals surface area contributed by atoms with Crippen molar-refractivity contribution in [1.29, 1.82) is 0 Å². The SMILES string of the molecule is CC(=O)Nc1ccc(N2CCOc3ccccc3C2)c(C(=O)O)c1. The Bertz CT molecular complexity index is 788. The first-order chi connectivity index (χ1) is 11.5. The van der Waals surface area contributed by atoms with E-state index < -0.39 is 5.97 Å². The van der Waals surface area contributed by atoms with Gasteiger partial charge >= 0.3 is 5.97 Å². The molecule has 0 atom stereocenters. The van der Waals surface area contributed by atoms with E-state index in [-0.39, 0.29) is 11.5 Å². The van der Waals surface area contributed by atoms with Crippen molar-refractivity contribution in [3.8, 4) is 5.75 Å². The molecule has 24 heavy (non-hydrogen) atoms. The van der Waals surface area contributed by atoms with Gasteiger partial charge in [0.2, 0.25) is 5.91 Å². The zero-order chi connectivity index (χ0) is 17.1. The van der Waals surface area contributed by atoms with Crippen LogP contribution in [-0.2, 0) is 11.3 Å². The van der Waals surface area contributed by atoms with Gasteiger partial charge in [-0.3, -0.25) is 4.79 Å². The summed E-state index contributed by atoms with van der Waals surface area (Å²) in [6.45, 7) is 3.01. The van der Waals surface area contributed by atoms with E-state index in [9.17, 15) is 14.7 Å². The third-order valence-electron chi connectivity index (χ3n) is 3.84. The lowest BCUT2D eigenvalue weighted by Crippen LogP contribution is -2.27. The van der Waals surface area contributed by atoms with Crippen molar-refractivity contribution in [2.75, 3.05) is 23.4 Å². The minimum absolute atomic E-state index is 0.153. The van der Waals surface area contributed by atoms with Crippen LogP contribution >= 0.6 is 0 Å². The molecular weight excluding hydrogens is 308 g/mol. The molecule has 1 aliphatic rings. The number of nitrogens with zero attached hydrogens (tertiary/aromatic N) is 1. The van der Waals surface area contributed by atoms with Crippen LogP contribution in [0.4, 0.5) is 11.4 Å². The fourth-order valence-electron chi connectivity index (χ4n) is 2.80. The number of para-hydroxylation sites is 1. The molecule has 0 fully saturated rings. The Hall–Kier alpha value is -3.02. The second-order valence-electron chi connectivity index (χ2n) is 5.60. The number of ether oxygens (including phenoxy) is 1. The predicted molar refractivity (Wildman–Crippen MR) is 90.7 cm³/mol. The number of carbonyl (C=O) groups excluding carboxylic acids is 1. The first-order valence-corrected chi connectivity index (χ1v) is 7.65. The molecule has 0 saturated carbocycles. The molecule has 2 N–H and O–H groups in total. The number of aromatic carboxylic acids is 1. The summed E-state index contributed by atoms with van der Waals surface area (Å²) in [6.07, 6.45) is 0. The number of benzene rings is 2. The van der Waals surface area contributed by atoms with Crippen molar-refractivity contribution in [2.24, 2.45) is 0 Å². The smallest absolute Gasteiger partial charge is 0.337 e. The Labute approximate surface area is 139 Å². The van der Waals surface area contributed by atoms with Crippen LogP contribution in [0.15, 0.2) is 42.5 Å². The highest BCUT2D eigenvalue weighted by atomic mass is 16.5. The summed E-state index contributed by atoms with van der Waals surface area (Å²) in [6, 6.07) is 12.7. The number of rotatable bonds is 3. The van der Waals surface area contributed by atoms with Gasteiger partial charge in [-0.15, -0.1) is 0 Å². The molecule has 2 aromatic rings. The molecule has 1 amide bonds. The molecule has 6 heteroatoms. The van der Waals surface area contributed by atoms with Gasteiger partial charge in [0, 0.05) is 24.7 Å². The number of hydrogen-bond donors (Lipinski definition) is 2. The zero-order valence-corrected chi connectivity index (χ0v) is 13.3. The molecule has 1 aliphatic heterocycles. The van der Waals surface area contributed by atoms with Gasteiger partial charge in [0.25, 0.3) is 0 Å². The summed E-state index contributed by atoms with van der Waals surface area (Å²) in [7, 11) is 0. The van der Waals surface area contributed by atoms with Gasteiger partial charge in [0.1, 0.15) is 12.4 Å². The summed E-state index contributed by atoms with van der Waals surface area (Å²) in [4.78, 5) is 24.8. The van der Waals surface area contributed by atoms with E-state index in [0.717, 1.165) is 11.3 Å². The van der Waals surface area contributed by atoms with Crippen LogP contribution in [-0.4, -0.2) is 30.1 Å². The highest BCUT2D eigenvalue weighted by Gasteiger charge is 2.21. The number of fused-ring (bicyclic) bond motifs is 1. The summed E-state index contributed by atoms with van der Waals surface area (Å²) in [5.41, 5.74) is 2.24. The van der Waals surface area contributed by atoms with E-state index in [0.29, 0.717) is 31.1 Å². The molecule has 0 aliphatic carbocycles. The summed E-state index contributed by atoms with van der Waals surface area (Å²) >= 11 is 0. The van der Waals surface area contributed by atoms with Crippen LogP contribution < -0.4 is 15.0 Å². The van der Waals surface area contributed by atoms with Crippen LogP contribution in [0.25, 0.3) is 0 Å². The van der Waals surface area contributed by atoms with E-state index in [2.05, 4.69) is 5.32 Å². The second-order valence-corrected chi connectivity index (χ2v) is 5.60. The minimum Gasteiger partial charge on any atom is -0.491 e. The topological polar surface area (TPSA) is 78.9 Å². The first-order valence-electron chi connectivity index (χ1n) is 7.65. The average molecular weight is 326 g/mol. The van der Waals surface area contributed by atoms with Crippen molar-refractivity contribution in [3.63, 3.8) is 0 Å². The van der Waals surface area contributed by atoms with Gasteiger partial charge in [0.05, 0.1) is 17.8 Å². The van der Waals surface area contributed by atoms with Crippen molar-refractivity contribution < 1.29 is 19.4 Å². The van der Waals surface area contributed by atoms with Crippen LogP contribution in [0.5, 0.6) is 5.75 Å². The highest BCUT2D eigenvalue weighted by molar-refractivity contribution is 5.97. The van der Waals surface area contributed by atoms with E-state index in [1.54, 1.807) is 12.1 Å². The largest absolute Gasteiger partial charge is 0.491 e. The molecule has 0 radical (unpaired) electrons. The molecule has 0 saturated heterocycles. The first kappa shape index (κ1) is 15.9. The van der Waals surface area contributed by atoms with Crippen LogP contribution in [0, 0.1) is 0 Å². The van der Waals surface area contributed by atoms with Gasteiger partial charge < -0.3 is 20.1 Å². The van der Waals surface area contributed by atoms with E-state index >= 15 is 0 Å². The highest BCUT2D eigenvalue weighted by Crippen LogP contribution is 2.30. The summed E-state index contributed by atoms with van der Waals surface area (Å²) in [5, 5.41) is 12.2.